The summed E-state index contributed by atoms with van der Waals surface area (Å²) in [5.74, 6) is -0.511. The zero-order chi connectivity index (χ0) is 25.7. The van der Waals surface area contributed by atoms with Crippen molar-refractivity contribution in [1.29, 1.82) is 0 Å². The Morgan fingerprint density at radius 3 is 2.44 bits per heavy atom. The zero-order valence-corrected chi connectivity index (χ0v) is 20.1. The molecule has 10 heteroatoms. The average Bonchev–Trinajstić information content (AvgIpc) is 3.26. The maximum Gasteiger partial charge on any atom is 0.339 e. The highest BCUT2D eigenvalue weighted by Gasteiger charge is 2.18. The molecule has 4 rings (SSSR count). The first kappa shape index (κ1) is 24.4. The molecule has 0 aliphatic carbocycles. The highest BCUT2D eigenvalue weighted by Crippen LogP contribution is 2.24. The number of rotatable bonds is 7. The van der Waals surface area contributed by atoms with E-state index in [0.29, 0.717) is 12.2 Å². The van der Waals surface area contributed by atoms with E-state index in [1.54, 1.807) is 6.20 Å². The SMILES string of the molecule is COC(=O)c1ccc(C(=O)OC)c(NC(=O)NCCn2c(-c3ccc(C)cc3)nc3cccnc32)c1. The van der Waals surface area contributed by atoms with Crippen molar-refractivity contribution in [1.82, 2.24) is 19.9 Å². The molecule has 2 N–H and O–H groups in total. The van der Waals surface area contributed by atoms with E-state index < -0.39 is 18.0 Å². The lowest BCUT2D eigenvalue weighted by atomic mass is 10.1. The van der Waals surface area contributed by atoms with Gasteiger partial charge in [0.2, 0.25) is 0 Å². The number of amides is 2. The van der Waals surface area contributed by atoms with Crippen LogP contribution in [0, 0.1) is 6.92 Å². The Hall–Kier alpha value is -4.73. The molecule has 0 atom stereocenters. The Morgan fingerprint density at radius 1 is 0.972 bits per heavy atom. The van der Waals surface area contributed by atoms with Crippen LogP contribution in [0.2, 0.25) is 0 Å². The maximum atomic E-state index is 12.7. The van der Waals surface area contributed by atoms with Gasteiger partial charge in [-0.1, -0.05) is 29.8 Å². The molecule has 0 spiro atoms. The average molecular weight is 488 g/mol. The van der Waals surface area contributed by atoms with Crippen LogP contribution in [-0.2, 0) is 16.0 Å². The Bertz CT molecular complexity index is 1430. The van der Waals surface area contributed by atoms with Crippen LogP contribution in [0.5, 0.6) is 0 Å². The van der Waals surface area contributed by atoms with Crippen LogP contribution in [-0.4, -0.2) is 53.3 Å². The second kappa shape index (κ2) is 10.7. The molecule has 0 unspecified atom stereocenters. The number of fused-ring (bicyclic) bond motifs is 1. The van der Waals surface area contributed by atoms with Crippen molar-refractivity contribution in [2.24, 2.45) is 0 Å². The highest BCUT2D eigenvalue weighted by atomic mass is 16.5. The van der Waals surface area contributed by atoms with Gasteiger partial charge in [0.25, 0.3) is 0 Å². The third-order valence-corrected chi connectivity index (χ3v) is 5.53. The van der Waals surface area contributed by atoms with E-state index in [4.69, 9.17) is 14.5 Å². The van der Waals surface area contributed by atoms with Gasteiger partial charge >= 0.3 is 18.0 Å². The summed E-state index contributed by atoms with van der Waals surface area (Å²) in [6.07, 6.45) is 1.70. The van der Waals surface area contributed by atoms with E-state index in [1.807, 2.05) is 47.9 Å². The number of methoxy groups -OCH3 is 2. The van der Waals surface area contributed by atoms with Crippen LogP contribution in [0.1, 0.15) is 26.3 Å². The molecule has 0 fully saturated rings. The number of aryl methyl sites for hydroxylation is 1. The summed E-state index contributed by atoms with van der Waals surface area (Å²) < 4.78 is 11.4. The number of imidazole rings is 1. The fourth-order valence-corrected chi connectivity index (χ4v) is 3.72. The normalized spacial score (nSPS) is 10.6. The van der Waals surface area contributed by atoms with Gasteiger partial charge in [-0.3, -0.25) is 0 Å². The van der Waals surface area contributed by atoms with Crippen LogP contribution >= 0.6 is 0 Å². The number of hydrogen-bond acceptors (Lipinski definition) is 7. The van der Waals surface area contributed by atoms with Gasteiger partial charge in [-0.15, -0.1) is 0 Å². The largest absolute Gasteiger partial charge is 0.465 e. The molecule has 2 amide bonds. The van der Waals surface area contributed by atoms with Gasteiger partial charge in [-0.2, -0.15) is 0 Å². The number of esters is 2. The molecule has 0 aliphatic rings. The van der Waals surface area contributed by atoms with Gasteiger partial charge in [0.05, 0.1) is 31.0 Å². The Morgan fingerprint density at radius 2 is 1.72 bits per heavy atom. The minimum absolute atomic E-state index is 0.103. The summed E-state index contributed by atoms with van der Waals surface area (Å²) in [6, 6.07) is 15.3. The summed E-state index contributed by atoms with van der Waals surface area (Å²) in [5.41, 5.74) is 3.93. The quantitative estimate of drug-likeness (QED) is 0.380. The van der Waals surface area contributed by atoms with Gasteiger partial charge in [-0.05, 0) is 37.3 Å². The first-order chi connectivity index (χ1) is 17.4. The number of nitrogens with one attached hydrogen (secondary N) is 2. The Kier molecular flexibility index (Phi) is 7.24. The summed E-state index contributed by atoms with van der Waals surface area (Å²) in [6.45, 7) is 2.66. The molecule has 36 heavy (non-hydrogen) atoms. The molecule has 0 bridgehead atoms. The van der Waals surface area contributed by atoms with Crippen molar-refractivity contribution >= 4 is 34.8 Å². The molecule has 0 saturated carbocycles. The van der Waals surface area contributed by atoms with Crippen LogP contribution in [0.4, 0.5) is 10.5 Å². The molecule has 10 nitrogen and oxygen atoms in total. The predicted octanol–water partition coefficient (Wildman–Crippen LogP) is 3.80. The van der Waals surface area contributed by atoms with Crippen LogP contribution in [0.15, 0.2) is 60.8 Å². The number of carbonyl (C=O) groups is 3. The van der Waals surface area contributed by atoms with Crippen molar-refractivity contribution in [3.8, 4) is 11.4 Å². The zero-order valence-electron chi connectivity index (χ0n) is 20.1. The Labute approximate surface area is 207 Å². The number of urea groups is 1. The minimum Gasteiger partial charge on any atom is -0.465 e. The van der Waals surface area contributed by atoms with E-state index in [-0.39, 0.29) is 23.4 Å². The molecule has 0 radical (unpaired) electrons. The van der Waals surface area contributed by atoms with Crippen molar-refractivity contribution < 1.29 is 23.9 Å². The van der Waals surface area contributed by atoms with Crippen LogP contribution < -0.4 is 10.6 Å². The lowest BCUT2D eigenvalue weighted by molar-refractivity contribution is 0.0587. The number of aromatic nitrogens is 3. The number of pyridine rings is 1. The third-order valence-electron chi connectivity index (χ3n) is 5.53. The van der Waals surface area contributed by atoms with Crippen LogP contribution in [0.25, 0.3) is 22.6 Å². The molecule has 184 valence electrons. The first-order valence-electron chi connectivity index (χ1n) is 11.1. The standard InChI is InChI=1S/C26H25N5O5/c1-16-6-8-17(9-7-16)22-29-20-5-4-12-27-23(20)31(22)14-13-28-26(34)30-21-15-18(24(32)35-2)10-11-19(21)25(33)36-3/h4-12,15H,13-14H2,1-3H3,(H2,28,30,34). The van der Waals surface area contributed by atoms with Crippen LogP contribution in [0.3, 0.4) is 0 Å². The number of nitrogens with zero attached hydrogens (tertiary/aromatic N) is 3. The summed E-state index contributed by atoms with van der Waals surface area (Å²) >= 11 is 0. The summed E-state index contributed by atoms with van der Waals surface area (Å²) in [5, 5.41) is 5.39. The van der Waals surface area contributed by atoms with E-state index in [9.17, 15) is 14.4 Å². The molecule has 2 heterocycles. The van der Waals surface area contributed by atoms with Crippen molar-refractivity contribution in [2.45, 2.75) is 13.5 Å². The van der Waals surface area contributed by atoms with E-state index in [2.05, 4.69) is 15.6 Å². The third kappa shape index (κ3) is 5.17. The fourth-order valence-electron chi connectivity index (χ4n) is 3.72. The van der Waals surface area contributed by atoms with Gasteiger partial charge < -0.3 is 24.7 Å². The predicted molar refractivity (Wildman–Crippen MR) is 134 cm³/mol. The molecule has 2 aromatic carbocycles. The summed E-state index contributed by atoms with van der Waals surface area (Å²) in [7, 11) is 2.48. The van der Waals surface area contributed by atoms with Gasteiger partial charge in [0.1, 0.15) is 11.3 Å². The Balaban J connectivity index is 1.52. The van der Waals surface area contributed by atoms with E-state index in [0.717, 1.165) is 22.5 Å². The lowest BCUT2D eigenvalue weighted by Crippen LogP contribution is -2.32. The molecular weight excluding hydrogens is 462 g/mol. The molecular formula is C26H25N5O5. The fraction of sp³-hybridized carbons (Fsp3) is 0.192. The number of ether oxygens (including phenoxy) is 2. The minimum atomic E-state index is -0.652. The number of anilines is 1. The van der Waals surface area contributed by atoms with Gasteiger partial charge in [0.15, 0.2) is 5.65 Å². The first-order valence-corrected chi connectivity index (χ1v) is 11.1. The maximum absolute atomic E-state index is 12.7. The number of hydrogen-bond donors (Lipinski definition) is 2. The van der Waals surface area contributed by atoms with Crippen molar-refractivity contribution in [2.75, 3.05) is 26.1 Å². The second-order valence-electron chi connectivity index (χ2n) is 7.92. The number of carbonyl (C=O) groups excluding carboxylic acids is 3. The molecule has 2 aromatic heterocycles. The highest BCUT2D eigenvalue weighted by molar-refractivity contribution is 6.03. The van der Waals surface area contributed by atoms with E-state index >= 15 is 0 Å². The summed E-state index contributed by atoms with van der Waals surface area (Å²) in [4.78, 5) is 45.9. The second-order valence-corrected chi connectivity index (χ2v) is 7.92. The molecule has 0 aliphatic heterocycles. The van der Waals surface area contributed by atoms with E-state index in [1.165, 1.54) is 32.4 Å². The molecule has 0 saturated heterocycles. The smallest absolute Gasteiger partial charge is 0.339 e. The van der Waals surface area contributed by atoms with Crippen molar-refractivity contribution in [3.63, 3.8) is 0 Å². The van der Waals surface area contributed by atoms with Crippen molar-refractivity contribution in [3.05, 3.63) is 77.5 Å². The van der Waals surface area contributed by atoms with Gasteiger partial charge in [0, 0.05) is 24.8 Å². The monoisotopic (exact) mass is 487 g/mol. The number of benzene rings is 2. The topological polar surface area (TPSA) is 124 Å². The molecule has 4 aromatic rings. The lowest BCUT2D eigenvalue weighted by Gasteiger charge is -2.13. The van der Waals surface area contributed by atoms with Gasteiger partial charge in [-0.25, -0.2) is 24.4 Å².